The van der Waals surface area contributed by atoms with Crippen LogP contribution in [-0.2, 0) is 11.0 Å². The largest absolute Gasteiger partial charge is 0.416 e. The first kappa shape index (κ1) is 16.0. The van der Waals surface area contributed by atoms with Gasteiger partial charge in [0.2, 0.25) is 0 Å². The van der Waals surface area contributed by atoms with Gasteiger partial charge in [0.05, 0.1) is 11.7 Å². The van der Waals surface area contributed by atoms with E-state index in [1.165, 1.54) is 30.8 Å². The molecular formula is C13H15F3O2S. The van der Waals surface area contributed by atoms with Crippen molar-refractivity contribution in [3.05, 3.63) is 29.8 Å². The number of hydrogen-bond acceptors (Lipinski definition) is 3. The SMILES string of the molecule is CC(=O)CC(O)CCSc1ccc(C(F)(F)F)cc1. The van der Waals surface area contributed by atoms with E-state index < -0.39 is 17.8 Å². The highest BCUT2D eigenvalue weighted by Crippen LogP contribution is 2.30. The zero-order chi connectivity index (χ0) is 14.5. The number of aliphatic hydroxyl groups excluding tert-OH is 1. The Balaban J connectivity index is 2.40. The Morgan fingerprint density at radius 2 is 1.89 bits per heavy atom. The standard InChI is InChI=1S/C13H15F3O2S/c1-9(17)8-11(18)6-7-19-12-4-2-10(3-5-12)13(14,15)16/h2-5,11,18H,6-8H2,1H3. The van der Waals surface area contributed by atoms with E-state index in [0.717, 1.165) is 12.1 Å². The minimum Gasteiger partial charge on any atom is -0.393 e. The minimum absolute atomic E-state index is 0.0768. The third kappa shape index (κ3) is 6.11. The fourth-order valence-electron chi connectivity index (χ4n) is 1.49. The van der Waals surface area contributed by atoms with E-state index in [0.29, 0.717) is 17.1 Å². The van der Waals surface area contributed by atoms with Gasteiger partial charge in [0.1, 0.15) is 5.78 Å². The summed E-state index contributed by atoms with van der Waals surface area (Å²) in [4.78, 5) is 11.5. The van der Waals surface area contributed by atoms with Crippen LogP contribution in [0.25, 0.3) is 0 Å². The van der Waals surface area contributed by atoms with Crippen molar-refractivity contribution in [1.29, 1.82) is 0 Å². The van der Waals surface area contributed by atoms with Crippen molar-refractivity contribution in [3.63, 3.8) is 0 Å². The molecule has 0 amide bonds. The summed E-state index contributed by atoms with van der Waals surface area (Å²) in [6, 6.07) is 4.89. The van der Waals surface area contributed by atoms with Gasteiger partial charge in [-0.05, 0) is 37.6 Å². The molecule has 19 heavy (non-hydrogen) atoms. The van der Waals surface area contributed by atoms with Gasteiger partial charge in [-0.2, -0.15) is 13.2 Å². The molecule has 0 aliphatic carbocycles. The van der Waals surface area contributed by atoms with Crippen LogP contribution in [0.4, 0.5) is 13.2 Å². The van der Waals surface area contributed by atoms with Crippen LogP contribution in [-0.4, -0.2) is 22.7 Å². The molecule has 1 N–H and O–H groups in total. The van der Waals surface area contributed by atoms with Gasteiger partial charge in [-0.15, -0.1) is 11.8 Å². The molecule has 1 rings (SSSR count). The second kappa shape index (κ2) is 6.96. The van der Waals surface area contributed by atoms with Gasteiger partial charge < -0.3 is 5.11 Å². The second-order valence-corrected chi connectivity index (χ2v) is 5.39. The third-order valence-corrected chi connectivity index (χ3v) is 3.47. The Labute approximate surface area is 114 Å². The first-order valence-corrected chi connectivity index (χ1v) is 6.75. The van der Waals surface area contributed by atoms with Crippen LogP contribution < -0.4 is 0 Å². The van der Waals surface area contributed by atoms with Crippen LogP contribution in [0.15, 0.2) is 29.2 Å². The summed E-state index contributed by atoms with van der Waals surface area (Å²) < 4.78 is 37.0. The van der Waals surface area contributed by atoms with Gasteiger partial charge in [0.15, 0.2) is 0 Å². The molecule has 0 fully saturated rings. The van der Waals surface area contributed by atoms with Gasteiger partial charge in [-0.25, -0.2) is 0 Å². The number of hydrogen-bond donors (Lipinski definition) is 1. The molecule has 0 aliphatic rings. The fourth-order valence-corrected chi connectivity index (χ4v) is 2.44. The summed E-state index contributed by atoms with van der Waals surface area (Å²) in [7, 11) is 0. The molecule has 0 heterocycles. The average Bonchev–Trinajstić information content (AvgIpc) is 2.27. The topological polar surface area (TPSA) is 37.3 Å². The van der Waals surface area contributed by atoms with E-state index >= 15 is 0 Å². The molecular weight excluding hydrogens is 277 g/mol. The molecule has 2 nitrogen and oxygen atoms in total. The Kier molecular flexibility index (Phi) is 5.87. The molecule has 0 saturated heterocycles. The van der Waals surface area contributed by atoms with Crippen molar-refractivity contribution in [1.82, 2.24) is 0 Å². The lowest BCUT2D eigenvalue weighted by molar-refractivity contribution is -0.137. The number of Topliss-reactive ketones (excluding diaryl/α,β-unsaturated/α-hetero) is 1. The quantitative estimate of drug-likeness (QED) is 0.815. The van der Waals surface area contributed by atoms with Crippen molar-refractivity contribution in [2.75, 3.05) is 5.75 Å². The third-order valence-electron chi connectivity index (χ3n) is 2.42. The van der Waals surface area contributed by atoms with Gasteiger partial charge >= 0.3 is 6.18 Å². The maximum Gasteiger partial charge on any atom is 0.416 e. The lowest BCUT2D eigenvalue weighted by Gasteiger charge is -2.09. The molecule has 0 aliphatic heterocycles. The van der Waals surface area contributed by atoms with Crippen LogP contribution in [0.1, 0.15) is 25.3 Å². The average molecular weight is 292 g/mol. The summed E-state index contributed by atoms with van der Waals surface area (Å²) >= 11 is 1.36. The van der Waals surface area contributed by atoms with Gasteiger partial charge in [-0.1, -0.05) is 0 Å². The smallest absolute Gasteiger partial charge is 0.393 e. The van der Waals surface area contributed by atoms with E-state index in [1.54, 1.807) is 0 Å². The zero-order valence-electron chi connectivity index (χ0n) is 10.4. The monoisotopic (exact) mass is 292 g/mol. The van der Waals surface area contributed by atoms with Crippen LogP contribution in [0.2, 0.25) is 0 Å². The van der Waals surface area contributed by atoms with Crippen molar-refractivity contribution in [3.8, 4) is 0 Å². The number of halogens is 3. The first-order chi connectivity index (χ1) is 8.79. The van der Waals surface area contributed by atoms with Gasteiger partial charge in [-0.3, -0.25) is 4.79 Å². The van der Waals surface area contributed by atoms with Crippen molar-refractivity contribution in [2.24, 2.45) is 0 Å². The van der Waals surface area contributed by atoms with Gasteiger partial charge in [0.25, 0.3) is 0 Å². The summed E-state index contributed by atoms with van der Waals surface area (Å²) in [5.41, 5.74) is -0.673. The molecule has 6 heteroatoms. The van der Waals surface area contributed by atoms with E-state index in [2.05, 4.69) is 0 Å². The minimum atomic E-state index is -4.32. The Morgan fingerprint density at radius 1 is 1.32 bits per heavy atom. The molecule has 0 aromatic heterocycles. The highest BCUT2D eigenvalue weighted by Gasteiger charge is 2.29. The summed E-state index contributed by atoms with van der Waals surface area (Å²) in [5, 5.41) is 9.47. The highest BCUT2D eigenvalue weighted by atomic mass is 32.2. The van der Waals surface area contributed by atoms with Crippen LogP contribution in [0.5, 0.6) is 0 Å². The lowest BCUT2D eigenvalue weighted by Crippen LogP contribution is -2.11. The molecule has 0 spiro atoms. The number of carbonyl (C=O) groups excluding carboxylic acids is 1. The maximum atomic E-state index is 12.3. The number of carbonyl (C=O) groups is 1. The van der Waals surface area contributed by atoms with Crippen molar-refractivity contribution in [2.45, 2.75) is 36.9 Å². The predicted molar refractivity (Wildman–Crippen MR) is 68.1 cm³/mol. The Morgan fingerprint density at radius 3 is 2.37 bits per heavy atom. The lowest BCUT2D eigenvalue weighted by atomic mass is 10.1. The molecule has 1 aromatic rings. The zero-order valence-corrected chi connectivity index (χ0v) is 11.2. The first-order valence-electron chi connectivity index (χ1n) is 5.76. The van der Waals surface area contributed by atoms with E-state index in [-0.39, 0.29) is 12.2 Å². The van der Waals surface area contributed by atoms with E-state index in [9.17, 15) is 23.1 Å². The second-order valence-electron chi connectivity index (χ2n) is 4.22. The molecule has 1 atom stereocenters. The summed E-state index contributed by atoms with van der Waals surface area (Å²) in [6.07, 6.45) is -4.45. The molecule has 106 valence electrons. The number of thioether (sulfide) groups is 1. The van der Waals surface area contributed by atoms with Crippen LogP contribution in [0.3, 0.4) is 0 Å². The van der Waals surface area contributed by atoms with Crippen molar-refractivity contribution >= 4 is 17.5 Å². The van der Waals surface area contributed by atoms with Gasteiger partial charge in [0, 0.05) is 17.1 Å². The van der Waals surface area contributed by atoms with Crippen LogP contribution >= 0.6 is 11.8 Å². The van der Waals surface area contributed by atoms with E-state index in [4.69, 9.17) is 0 Å². The highest BCUT2D eigenvalue weighted by molar-refractivity contribution is 7.99. The maximum absolute atomic E-state index is 12.3. The van der Waals surface area contributed by atoms with Crippen LogP contribution in [0, 0.1) is 0 Å². The summed E-state index contributed by atoms with van der Waals surface area (Å²) in [6.45, 7) is 1.41. The molecule has 1 aromatic carbocycles. The Bertz CT molecular complexity index is 415. The predicted octanol–water partition coefficient (Wildman–Crippen LogP) is 3.53. The fraction of sp³-hybridized carbons (Fsp3) is 0.462. The summed E-state index contributed by atoms with van der Waals surface area (Å²) in [5.74, 6) is 0.479. The number of rotatable bonds is 6. The van der Waals surface area contributed by atoms with E-state index in [1.807, 2.05) is 0 Å². The normalized spacial score (nSPS) is 13.3. The molecule has 0 radical (unpaired) electrons. The molecule has 0 saturated carbocycles. The Hall–Kier alpha value is -1.01. The van der Waals surface area contributed by atoms with Crippen molar-refractivity contribution < 1.29 is 23.1 Å². The number of benzene rings is 1. The molecule has 1 unspecified atom stereocenters. The number of aliphatic hydroxyl groups is 1. The number of alkyl halides is 3. The number of ketones is 1. The molecule has 0 bridgehead atoms.